The molecule has 2 aromatic heterocycles. The van der Waals surface area contributed by atoms with Crippen LogP contribution >= 0.6 is 22.9 Å². The maximum Gasteiger partial charge on any atom is 0.285 e. The van der Waals surface area contributed by atoms with Crippen molar-refractivity contribution >= 4 is 28.6 Å². The SMILES string of the molecule is O=c1[nH]ncc(NC(CCO)c2cccs2)c1Cl. The standard InChI is InChI=1S/C11H12ClN3O2S/c12-10-8(6-13-15-11(10)17)14-7(3-4-16)9-2-1-5-18-9/h1-2,5-7,16H,3-4H2,(H2,14,15,17). The predicted molar refractivity (Wildman–Crippen MR) is 72.3 cm³/mol. The molecule has 0 fully saturated rings. The van der Waals surface area contributed by atoms with Crippen molar-refractivity contribution in [1.82, 2.24) is 10.2 Å². The van der Waals surface area contributed by atoms with E-state index in [2.05, 4.69) is 15.5 Å². The van der Waals surface area contributed by atoms with Gasteiger partial charge in [-0.15, -0.1) is 11.3 Å². The van der Waals surface area contributed by atoms with E-state index in [1.807, 2.05) is 17.5 Å². The summed E-state index contributed by atoms with van der Waals surface area (Å²) in [6.07, 6.45) is 1.99. The van der Waals surface area contributed by atoms with Gasteiger partial charge in [-0.05, 0) is 17.9 Å². The van der Waals surface area contributed by atoms with Crippen molar-refractivity contribution in [2.45, 2.75) is 12.5 Å². The first-order chi connectivity index (χ1) is 8.72. The van der Waals surface area contributed by atoms with Crippen LogP contribution in [0.4, 0.5) is 5.69 Å². The maximum atomic E-state index is 11.3. The average Bonchev–Trinajstić information content (AvgIpc) is 2.88. The Morgan fingerprint density at radius 1 is 1.61 bits per heavy atom. The fraction of sp³-hybridized carbons (Fsp3) is 0.273. The second-order valence-corrected chi connectivity index (χ2v) is 5.01. The zero-order valence-electron chi connectivity index (χ0n) is 9.39. The van der Waals surface area contributed by atoms with Crippen LogP contribution < -0.4 is 10.9 Å². The van der Waals surface area contributed by atoms with E-state index < -0.39 is 5.56 Å². The summed E-state index contributed by atoms with van der Waals surface area (Å²) in [5, 5.41) is 20.2. The summed E-state index contributed by atoms with van der Waals surface area (Å²) in [5.41, 5.74) is 0.0304. The number of H-pyrrole nitrogens is 1. The summed E-state index contributed by atoms with van der Waals surface area (Å²) in [6, 6.07) is 3.81. The Balaban J connectivity index is 2.24. The minimum absolute atomic E-state index is 0.0454. The van der Waals surface area contributed by atoms with Crippen LogP contribution in [0.15, 0.2) is 28.5 Å². The lowest BCUT2D eigenvalue weighted by Crippen LogP contribution is -2.16. The molecule has 96 valence electrons. The van der Waals surface area contributed by atoms with E-state index in [9.17, 15) is 4.79 Å². The van der Waals surface area contributed by atoms with E-state index in [0.717, 1.165) is 4.88 Å². The summed E-state index contributed by atoms with van der Waals surface area (Å²) in [5.74, 6) is 0. The summed E-state index contributed by atoms with van der Waals surface area (Å²) >= 11 is 7.47. The van der Waals surface area contributed by atoms with Gasteiger partial charge in [-0.2, -0.15) is 5.10 Å². The van der Waals surface area contributed by atoms with Crippen LogP contribution in [0.5, 0.6) is 0 Å². The van der Waals surface area contributed by atoms with Gasteiger partial charge in [-0.1, -0.05) is 17.7 Å². The number of nitrogens with zero attached hydrogens (tertiary/aromatic N) is 1. The third kappa shape index (κ3) is 2.90. The molecule has 0 bridgehead atoms. The number of anilines is 1. The molecule has 2 heterocycles. The number of aromatic nitrogens is 2. The Bertz CT molecular complexity index is 556. The highest BCUT2D eigenvalue weighted by molar-refractivity contribution is 7.10. The third-order valence-electron chi connectivity index (χ3n) is 2.43. The van der Waals surface area contributed by atoms with Crippen LogP contribution in [0, 0.1) is 0 Å². The lowest BCUT2D eigenvalue weighted by Gasteiger charge is -2.17. The van der Waals surface area contributed by atoms with Gasteiger partial charge in [-0.25, -0.2) is 5.10 Å². The molecule has 0 amide bonds. The number of halogens is 1. The minimum atomic E-state index is -0.435. The first kappa shape index (κ1) is 13.1. The van der Waals surface area contributed by atoms with Crippen molar-refractivity contribution in [1.29, 1.82) is 0 Å². The van der Waals surface area contributed by atoms with Gasteiger partial charge in [0.15, 0.2) is 0 Å². The third-order valence-corrected chi connectivity index (χ3v) is 3.79. The van der Waals surface area contributed by atoms with Crippen molar-refractivity contribution in [2.24, 2.45) is 0 Å². The first-order valence-corrected chi connectivity index (χ1v) is 6.62. The summed E-state index contributed by atoms with van der Waals surface area (Å²) in [4.78, 5) is 12.4. The van der Waals surface area contributed by atoms with Gasteiger partial charge in [0.2, 0.25) is 0 Å². The van der Waals surface area contributed by atoms with E-state index >= 15 is 0 Å². The van der Waals surface area contributed by atoms with Gasteiger partial charge in [-0.3, -0.25) is 4.79 Å². The smallest absolute Gasteiger partial charge is 0.285 e. The Morgan fingerprint density at radius 3 is 3.11 bits per heavy atom. The molecule has 7 heteroatoms. The second-order valence-electron chi connectivity index (χ2n) is 3.65. The van der Waals surface area contributed by atoms with Gasteiger partial charge in [0.05, 0.1) is 17.9 Å². The number of hydrogen-bond donors (Lipinski definition) is 3. The van der Waals surface area contributed by atoms with E-state index in [1.54, 1.807) is 11.3 Å². The summed E-state index contributed by atoms with van der Waals surface area (Å²) < 4.78 is 0. The molecule has 0 spiro atoms. The highest BCUT2D eigenvalue weighted by Crippen LogP contribution is 2.27. The predicted octanol–water partition coefficient (Wildman–Crippen LogP) is 2.02. The van der Waals surface area contributed by atoms with Crippen molar-refractivity contribution < 1.29 is 5.11 Å². The normalized spacial score (nSPS) is 12.3. The van der Waals surface area contributed by atoms with E-state index in [-0.39, 0.29) is 17.7 Å². The number of aromatic amines is 1. The van der Waals surface area contributed by atoms with Crippen molar-refractivity contribution in [3.8, 4) is 0 Å². The molecule has 0 saturated carbocycles. The van der Waals surface area contributed by atoms with Crippen molar-refractivity contribution in [3.05, 3.63) is 44.0 Å². The fourth-order valence-electron chi connectivity index (χ4n) is 1.58. The number of nitrogens with one attached hydrogen (secondary N) is 2. The molecule has 5 nitrogen and oxygen atoms in total. The molecular weight excluding hydrogens is 274 g/mol. The number of aliphatic hydroxyl groups excluding tert-OH is 1. The highest BCUT2D eigenvalue weighted by Gasteiger charge is 2.14. The van der Waals surface area contributed by atoms with Crippen LogP contribution in [0.2, 0.25) is 5.02 Å². The Morgan fingerprint density at radius 2 is 2.44 bits per heavy atom. The van der Waals surface area contributed by atoms with Crippen LogP contribution in [0.1, 0.15) is 17.3 Å². The molecule has 1 atom stereocenters. The lowest BCUT2D eigenvalue weighted by atomic mass is 10.1. The van der Waals surface area contributed by atoms with E-state index in [4.69, 9.17) is 16.7 Å². The highest BCUT2D eigenvalue weighted by atomic mass is 35.5. The Kier molecular flexibility index (Phi) is 4.35. The summed E-state index contributed by atoms with van der Waals surface area (Å²) in [7, 11) is 0. The maximum absolute atomic E-state index is 11.3. The zero-order valence-corrected chi connectivity index (χ0v) is 11.0. The molecule has 0 radical (unpaired) electrons. The quantitative estimate of drug-likeness (QED) is 0.785. The number of hydrogen-bond acceptors (Lipinski definition) is 5. The van der Waals surface area contributed by atoms with Crippen LogP contribution in [0.25, 0.3) is 0 Å². The molecule has 0 aliphatic carbocycles. The van der Waals surface area contributed by atoms with Gasteiger partial charge in [0.25, 0.3) is 5.56 Å². The second kappa shape index (κ2) is 5.99. The van der Waals surface area contributed by atoms with Gasteiger partial charge < -0.3 is 10.4 Å². The molecule has 2 rings (SSSR count). The Labute approximate surface area is 112 Å². The van der Waals surface area contributed by atoms with Gasteiger partial charge >= 0.3 is 0 Å². The molecule has 3 N–H and O–H groups in total. The van der Waals surface area contributed by atoms with Gasteiger partial charge in [0, 0.05) is 11.5 Å². The molecule has 2 aromatic rings. The monoisotopic (exact) mass is 285 g/mol. The van der Waals surface area contributed by atoms with Crippen LogP contribution in [-0.2, 0) is 0 Å². The molecule has 0 aliphatic rings. The lowest BCUT2D eigenvalue weighted by molar-refractivity contribution is 0.280. The zero-order chi connectivity index (χ0) is 13.0. The largest absolute Gasteiger partial charge is 0.396 e. The number of aliphatic hydroxyl groups is 1. The van der Waals surface area contributed by atoms with Crippen molar-refractivity contribution in [3.63, 3.8) is 0 Å². The number of thiophene rings is 1. The molecule has 0 aromatic carbocycles. The average molecular weight is 286 g/mol. The molecule has 1 unspecified atom stereocenters. The fourth-order valence-corrected chi connectivity index (χ4v) is 2.53. The van der Waals surface area contributed by atoms with Crippen molar-refractivity contribution in [2.75, 3.05) is 11.9 Å². The Hall–Kier alpha value is -1.37. The first-order valence-electron chi connectivity index (χ1n) is 5.36. The summed E-state index contributed by atoms with van der Waals surface area (Å²) in [6.45, 7) is 0.0454. The van der Waals surface area contributed by atoms with Crippen LogP contribution in [-0.4, -0.2) is 21.9 Å². The molecule has 0 saturated heterocycles. The molecular formula is C11H12ClN3O2S. The van der Waals surface area contributed by atoms with Gasteiger partial charge in [0.1, 0.15) is 5.02 Å². The van der Waals surface area contributed by atoms with E-state index in [1.165, 1.54) is 6.20 Å². The minimum Gasteiger partial charge on any atom is -0.396 e. The molecule has 18 heavy (non-hydrogen) atoms. The molecule has 0 aliphatic heterocycles. The van der Waals surface area contributed by atoms with E-state index in [0.29, 0.717) is 12.1 Å². The van der Waals surface area contributed by atoms with Crippen LogP contribution in [0.3, 0.4) is 0 Å². The topological polar surface area (TPSA) is 78.0 Å². The number of rotatable bonds is 5.